The zero-order valence-corrected chi connectivity index (χ0v) is 24.9. The Labute approximate surface area is 221 Å². The molecule has 0 aromatic heterocycles. The van der Waals surface area contributed by atoms with Gasteiger partial charge >= 0.3 is 13.8 Å². The molecule has 0 aliphatic heterocycles. The van der Waals surface area contributed by atoms with Gasteiger partial charge in [0.15, 0.2) is 0 Å². The molecule has 0 saturated heterocycles. The van der Waals surface area contributed by atoms with Crippen LogP contribution in [0, 0.1) is 0 Å². The average Bonchev–Trinajstić information content (AvgIpc) is 2.79. The molecule has 0 aliphatic rings. The van der Waals surface area contributed by atoms with Crippen molar-refractivity contribution in [3.05, 3.63) is 0 Å². The highest BCUT2D eigenvalue weighted by Gasteiger charge is 2.26. The monoisotopic (exact) mass is 538 g/mol. The lowest BCUT2D eigenvalue weighted by molar-refractivity contribution is -0.870. The van der Waals surface area contributed by atoms with Gasteiger partial charge in [-0.05, 0) is 12.8 Å². The van der Waals surface area contributed by atoms with Crippen LogP contribution in [0.4, 0.5) is 0 Å². The molecule has 0 saturated carbocycles. The minimum Gasteiger partial charge on any atom is -0.457 e. The van der Waals surface area contributed by atoms with E-state index in [9.17, 15) is 14.3 Å². The van der Waals surface area contributed by atoms with Gasteiger partial charge in [-0.2, -0.15) is 0 Å². The summed E-state index contributed by atoms with van der Waals surface area (Å²) in [5.74, 6) is -0.339. The molecule has 0 heterocycles. The molecule has 0 spiro atoms. The zero-order valence-electron chi connectivity index (χ0n) is 24.0. The molecule has 2 atom stereocenters. The number of rotatable bonds is 26. The molecule has 216 valence electrons. The number of ether oxygens (including phenoxy) is 2. The number of hydrogen-bond donors (Lipinski definition) is 1. The van der Waals surface area contributed by atoms with Crippen molar-refractivity contribution in [1.29, 1.82) is 0 Å². The van der Waals surface area contributed by atoms with Crippen LogP contribution in [-0.4, -0.2) is 75.6 Å². The predicted octanol–water partition coefficient (Wildman–Crippen LogP) is 6.65. The first-order valence-corrected chi connectivity index (χ1v) is 15.8. The standard InChI is InChI=1S/C27H56NO7P/c1-6-8-10-11-12-13-14-15-16-17-19-22-32-24-26(35-27(29)20-18-9-7-2)25-34-36(30,31)33-23-21-28(3,4)5/h26H,6-25H2,1-5H3/p+1. The van der Waals surface area contributed by atoms with Crippen LogP contribution < -0.4 is 0 Å². The van der Waals surface area contributed by atoms with Crippen LogP contribution >= 0.6 is 7.82 Å². The number of unbranched alkanes of at least 4 members (excludes halogenated alkanes) is 12. The highest BCUT2D eigenvalue weighted by molar-refractivity contribution is 7.47. The molecule has 0 amide bonds. The molecule has 0 aliphatic carbocycles. The Hall–Kier alpha value is -0.500. The maximum atomic E-state index is 12.2. The van der Waals surface area contributed by atoms with Gasteiger partial charge in [0.05, 0.1) is 34.4 Å². The third kappa shape index (κ3) is 25.2. The number of hydrogen-bond acceptors (Lipinski definition) is 6. The molecule has 0 rings (SSSR count). The molecule has 1 N–H and O–H groups in total. The van der Waals surface area contributed by atoms with Gasteiger partial charge in [0.2, 0.25) is 0 Å². The summed E-state index contributed by atoms with van der Waals surface area (Å²) in [6, 6.07) is 0. The van der Waals surface area contributed by atoms with Crippen molar-refractivity contribution in [1.82, 2.24) is 0 Å². The number of carbonyl (C=O) groups is 1. The second-order valence-corrected chi connectivity index (χ2v) is 12.2. The summed E-state index contributed by atoms with van der Waals surface area (Å²) in [5.41, 5.74) is 0. The normalized spacial score (nSPS) is 14.5. The van der Waals surface area contributed by atoms with Gasteiger partial charge < -0.3 is 18.9 Å². The summed E-state index contributed by atoms with van der Waals surface area (Å²) in [7, 11) is 1.67. The SMILES string of the molecule is CCCCCCCCCCCCCOCC(COP(=O)(O)OCC[N+](C)(C)C)OC(=O)CCCCC. The molecule has 0 bridgehead atoms. The Morgan fingerprint density at radius 2 is 1.28 bits per heavy atom. The average molecular weight is 539 g/mol. The largest absolute Gasteiger partial charge is 0.472 e. The summed E-state index contributed by atoms with van der Waals surface area (Å²) in [6.45, 7) is 5.43. The highest BCUT2D eigenvalue weighted by Crippen LogP contribution is 2.43. The van der Waals surface area contributed by atoms with Crippen LogP contribution in [0.5, 0.6) is 0 Å². The van der Waals surface area contributed by atoms with Gasteiger partial charge in [-0.25, -0.2) is 4.57 Å². The van der Waals surface area contributed by atoms with Crippen LogP contribution in [0.2, 0.25) is 0 Å². The molecule has 2 unspecified atom stereocenters. The van der Waals surface area contributed by atoms with E-state index in [1.165, 1.54) is 57.8 Å². The highest BCUT2D eigenvalue weighted by atomic mass is 31.2. The number of carbonyl (C=O) groups excluding carboxylic acids is 1. The number of quaternary nitrogens is 1. The molecule has 9 heteroatoms. The van der Waals surface area contributed by atoms with Gasteiger partial charge in [-0.15, -0.1) is 0 Å². The lowest BCUT2D eigenvalue weighted by Crippen LogP contribution is -2.37. The van der Waals surface area contributed by atoms with E-state index in [0.717, 1.165) is 32.1 Å². The fourth-order valence-electron chi connectivity index (χ4n) is 3.61. The minimum atomic E-state index is -4.23. The van der Waals surface area contributed by atoms with Crippen LogP contribution in [0.3, 0.4) is 0 Å². The first-order valence-electron chi connectivity index (χ1n) is 14.3. The Morgan fingerprint density at radius 1 is 0.750 bits per heavy atom. The van der Waals surface area contributed by atoms with Crippen LogP contribution in [-0.2, 0) is 27.9 Å². The first kappa shape index (κ1) is 35.5. The van der Waals surface area contributed by atoms with E-state index in [0.29, 0.717) is 24.1 Å². The maximum absolute atomic E-state index is 12.2. The Morgan fingerprint density at radius 3 is 1.83 bits per heavy atom. The number of nitrogens with zero attached hydrogens (tertiary/aromatic N) is 1. The van der Waals surface area contributed by atoms with Gasteiger partial charge in [0.1, 0.15) is 19.3 Å². The van der Waals surface area contributed by atoms with Crippen molar-refractivity contribution < 1.29 is 37.3 Å². The number of phosphoric acid groups is 1. The molecule has 0 aromatic carbocycles. The molecule has 36 heavy (non-hydrogen) atoms. The fourth-order valence-corrected chi connectivity index (χ4v) is 4.35. The first-order chi connectivity index (χ1) is 17.1. The summed E-state index contributed by atoms with van der Waals surface area (Å²) in [6.07, 6.45) is 16.2. The lowest BCUT2D eigenvalue weighted by Gasteiger charge is -2.24. The van der Waals surface area contributed by atoms with E-state index < -0.39 is 13.9 Å². The third-order valence-corrected chi connectivity index (χ3v) is 6.90. The van der Waals surface area contributed by atoms with Crippen molar-refractivity contribution >= 4 is 13.8 Å². The topological polar surface area (TPSA) is 91.3 Å². The van der Waals surface area contributed by atoms with Gasteiger partial charge in [-0.3, -0.25) is 13.8 Å². The van der Waals surface area contributed by atoms with Gasteiger partial charge in [0.25, 0.3) is 0 Å². The van der Waals surface area contributed by atoms with Crippen LogP contribution in [0.1, 0.15) is 110 Å². The Balaban J connectivity index is 4.22. The Kier molecular flexibility index (Phi) is 22.2. The molecular weight excluding hydrogens is 481 g/mol. The van der Waals surface area contributed by atoms with Crippen molar-refractivity contribution in [3.63, 3.8) is 0 Å². The molecular formula is C27H57NO7P+. The van der Waals surface area contributed by atoms with Crippen LogP contribution in [0.15, 0.2) is 0 Å². The molecule has 0 aromatic rings. The minimum absolute atomic E-state index is 0.0914. The van der Waals surface area contributed by atoms with Crippen LogP contribution in [0.25, 0.3) is 0 Å². The molecule has 0 radical (unpaired) electrons. The van der Waals surface area contributed by atoms with E-state index >= 15 is 0 Å². The van der Waals surface area contributed by atoms with Crippen molar-refractivity contribution in [2.75, 3.05) is 54.1 Å². The van der Waals surface area contributed by atoms with Crippen molar-refractivity contribution in [2.24, 2.45) is 0 Å². The van der Waals surface area contributed by atoms with E-state index in [1.54, 1.807) is 0 Å². The summed E-state index contributed by atoms with van der Waals surface area (Å²) in [5, 5.41) is 0. The summed E-state index contributed by atoms with van der Waals surface area (Å²) < 4.78 is 34.2. The van der Waals surface area contributed by atoms with E-state index in [2.05, 4.69) is 13.8 Å². The summed E-state index contributed by atoms with van der Waals surface area (Å²) >= 11 is 0. The quantitative estimate of drug-likeness (QED) is 0.0571. The lowest BCUT2D eigenvalue weighted by atomic mass is 10.1. The van der Waals surface area contributed by atoms with E-state index in [4.69, 9.17) is 18.5 Å². The van der Waals surface area contributed by atoms with Gasteiger partial charge in [0, 0.05) is 13.0 Å². The third-order valence-electron chi connectivity index (χ3n) is 5.92. The maximum Gasteiger partial charge on any atom is 0.472 e. The summed E-state index contributed by atoms with van der Waals surface area (Å²) in [4.78, 5) is 22.1. The smallest absolute Gasteiger partial charge is 0.457 e. The second-order valence-electron chi connectivity index (χ2n) is 10.8. The second kappa shape index (κ2) is 22.5. The zero-order chi connectivity index (χ0) is 27.1. The van der Waals surface area contributed by atoms with Crippen molar-refractivity contribution in [3.8, 4) is 0 Å². The molecule has 0 fully saturated rings. The van der Waals surface area contributed by atoms with E-state index in [1.807, 2.05) is 21.1 Å². The van der Waals surface area contributed by atoms with E-state index in [-0.39, 0.29) is 25.8 Å². The van der Waals surface area contributed by atoms with Gasteiger partial charge in [-0.1, -0.05) is 90.9 Å². The molecule has 8 nitrogen and oxygen atoms in total. The number of likely N-dealkylation sites (N-methyl/N-ethyl adjacent to an activating group) is 1. The predicted molar refractivity (Wildman–Crippen MR) is 146 cm³/mol. The van der Waals surface area contributed by atoms with Crippen molar-refractivity contribution in [2.45, 2.75) is 116 Å². The fraction of sp³-hybridized carbons (Fsp3) is 0.963. The number of phosphoric ester groups is 1. The Bertz CT molecular complexity index is 569. The number of esters is 1.